The molecule has 3 heterocycles. The van der Waals surface area contributed by atoms with Gasteiger partial charge in [0.15, 0.2) is 23.6 Å². The van der Waals surface area contributed by atoms with Crippen LogP contribution in [0.15, 0.2) is 41.0 Å². The van der Waals surface area contributed by atoms with Crippen LogP contribution in [0.3, 0.4) is 0 Å². The van der Waals surface area contributed by atoms with Gasteiger partial charge in [-0.1, -0.05) is 21.1 Å². The Morgan fingerprint density at radius 3 is 2.46 bits per heavy atom. The van der Waals surface area contributed by atoms with Crippen molar-refractivity contribution in [1.29, 1.82) is 5.26 Å². The molecule has 3 N–H and O–H groups in total. The molecule has 7 atom stereocenters. The van der Waals surface area contributed by atoms with Crippen molar-refractivity contribution in [2.75, 3.05) is 31.7 Å². The maximum absolute atomic E-state index is 14.5. The second-order valence-electron chi connectivity index (χ2n) is 10.9. The van der Waals surface area contributed by atoms with Gasteiger partial charge in [-0.05, 0) is 30.3 Å². The fraction of sp³-hybridized carbons (Fsp3) is 0.414. The number of amides is 2. The molecule has 5 rings (SSSR count). The fourth-order valence-corrected chi connectivity index (χ4v) is 6.28. The number of halogens is 4. The van der Waals surface area contributed by atoms with Crippen LogP contribution < -0.4 is 4.90 Å². The highest BCUT2D eigenvalue weighted by molar-refractivity contribution is 9.10. The van der Waals surface area contributed by atoms with Crippen molar-refractivity contribution in [3.05, 3.63) is 64.0 Å². The predicted octanol–water partition coefficient (Wildman–Crippen LogP) is 1.30. The van der Waals surface area contributed by atoms with Crippen molar-refractivity contribution in [2.45, 2.75) is 49.5 Å². The van der Waals surface area contributed by atoms with Gasteiger partial charge in [0.2, 0.25) is 5.91 Å². The summed E-state index contributed by atoms with van der Waals surface area (Å²) in [7, 11) is 1.23. The Morgan fingerprint density at radius 1 is 1.17 bits per heavy atom. The Bertz CT molecular complexity index is 1670. The van der Waals surface area contributed by atoms with E-state index in [1.54, 1.807) is 0 Å². The molecule has 0 bridgehead atoms. The molecule has 0 spiro atoms. The highest BCUT2D eigenvalue weighted by atomic mass is 79.9. The first-order valence-electron chi connectivity index (χ1n) is 13.9. The second-order valence-corrected chi connectivity index (χ2v) is 11.8. The summed E-state index contributed by atoms with van der Waals surface area (Å²) in [6.07, 6.45) is -5.85. The van der Waals surface area contributed by atoms with Crippen molar-refractivity contribution < 1.29 is 47.6 Å². The molecule has 5 unspecified atom stereocenters. The maximum Gasteiger partial charge on any atom is 0.259 e. The van der Waals surface area contributed by atoms with Crippen molar-refractivity contribution in [3.8, 4) is 17.3 Å². The number of likely N-dealkylation sites (tertiary alicyclic amines) is 1. The van der Waals surface area contributed by atoms with E-state index < -0.39 is 72.6 Å². The van der Waals surface area contributed by atoms with Gasteiger partial charge in [-0.3, -0.25) is 9.59 Å². The van der Waals surface area contributed by atoms with Gasteiger partial charge in [-0.15, -0.1) is 5.10 Å². The van der Waals surface area contributed by atoms with E-state index in [-0.39, 0.29) is 41.5 Å². The minimum Gasteiger partial charge on any atom is -0.394 e. The molecule has 2 aromatic carbocycles. The van der Waals surface area contributed by atoms with E-state index in [1.807, 2.05) is 6.07 Å². The minimum absolute atomic E-state index is 0.0618. The topological polar surface area (TPSA) is 174 Å². The molecule has 0 radical (unpaired) electrons. The highest BCUT2D eigenvalue weighted by Gasteiger charge is 2.52. The molecule has 244 valence electrons. The summed E-state index contributed by atoms with van der Waals surface area (Å²) in [6, 6.07) is 5.62. The van der Waals surface area contributed by atoms with E-state index in [4.69, 9.17) is 9.47 Å². The van der Waals surface area contributed by atoms with Crippen LogP contribution in [-0.4, -0.2) is 110 Å². The van der Waals surface area contributed by atoms with Crippen molar-refractivity contribution in [3.63, 3.8) is 0 Å². The number of hydrogen-bond acceptors (Lipinski definition) is 10. The van der Waals surface area contributed by atoms with E-state index in [9.17, 15) is 43.3 Å². The second kappa shape index (κ2) is 13.4. The lowest BCUT2D eigenvalue weighted by atomic mass is 9.91. The number of aliphatic hydroxyl groups excluding tert-OH is 3. The smallest absolute Gasteiger partial charge is 0.259 e. The molecule has 2 fully saturated rings. The summed E-state index contributed by atoms with van der Waals surface area (Å²) in [5.41, 5.74) is 0.0866. The van der Waals surface area contributed by atoms with Crippen LogP contribution in [0.4, 0.5) is 18.9 Å². The number of nitriles is 1. The number of carbonyl (C=O) groups excluding carboxylic acids is 2. The normalized spacial score (nSPS) is 26.2. The van der Waals surface area contributed by atoms with Gasteiger partial charge in [0.25, 0.3) is 5.91 Å². The molecule has 3 aromatic rings. The fourth-order valence-electron chi connectivity index (χ4n) is 5.79. The van der Waals surface area contributed by atoms with Crippen molar-refractivity contribution in [2.24, 2.45) is 0 Å². The largest absolute Gasteiger partial charge is 0.394 e. The van der Waals surface area contributed by atoms with Crippen LogP contribution in [0.5, 0.6) is 0 Å². The van der Waals surface area contributed by atoms with Gasteiger partial charge in [-0.2, -0.15) is 5.26 Å². The van der Waals surface area contributed by atoms with E-state index >= 15 is 0 Å². The van der Waals surface area contributed by atoms with Crippen LogP contribution in [0.1, 0.15) is 18.5 Å². The van der Waals surface area contributed by atoms with Crippen LogP contribution in [0, 0.1) is 28.8 Å². The van der Waals surface area contributed by atoms with Crippen LogP contribution in [0.25, 0.3) is 11.3 Å². The summed E-state index contributed by atoms with van der Waals surface area (Å²) < 4.78 is 54.5. The third-order valence-corrected chi connectivity index (χ3v) is 8.50. The molecule has 0 saturated carbocycles. The predicted molar refractivity (Wildman–Crippen MR) is 155 cm³/mol. The zero-order valence-corrected chi connectivity index (χ0v) is 25.9. The number of aromatic nitrogens is 3. The summed E-state index contributed by atoms with van der Waals surface area (Å²) in [4.78, 5) is 29.3. The molecule has 13 nitrogen and oxygen atoms in total. The first-order valence-corrected chi connectivity index (χ1v) is 14.7. The van der Waals surface area contributed by atoms with Gasteiger partial charge in [-0.25, -0.2) is 17.9 Å². The van der Waals surface area contributed by atoms with Crippen molar-refractivity contribution in [1.82, 2.24) is 19.9 Å². The molecule has 17 heteroatoms. The molecular formula is C29H28BrF3N6O7. The quantitative estimate of drug-likeness (QED) is 0.304. The first-order chi connectivity index (χ1) is 21.9. The van der Waals surface area contributed by atoms with Crippen molar-refractivity contribution >= 4 is 33.4 Å². The first kappa shape index (κ1) is 33.4. The molecule has 2 aliphatic heterocycles. The maximum atomic E-state index is 14.5. The molecule has 1 aromatic heterocycles. The van der Waals surface area contributed by atoms with Crippen LogP contribution >= 0.6 is 15.9 Å². The van der Waals surface area contributed by atoms with E-state index in [0.29, 0.717) is 16.6 Å². The average Bonchev–Trinajstić information content (AvgIpc) is 3.66. The van der Waals surface area contributed by atoms with Crippen LogP contribution in [0.2, 0.25) is 0 Å². The number of benzene rings is 2. The minimum atomic E-state index is -1.67. The standard InChI is InChI=1S/C29H28BrF3N6O7/c1-13(41)37-10-21(22(42)11-37)39(17-4-14(8-34)3-16(30)7-17)29(44)28-27(45-2)25(26(43)23(12-40)46-28)38-9-20(35-36-38)15-5-18(31)24(33)19(32)6-15/h3-7,9,21-23,25-28,40,42-43H,10-12H2,1-2H3/t21-,22-,23?,25?,26?,27?,28?/m1/s1. The summed E-state index contributed by atoms with van der Waals surface area (Å²) >= 11 is 3.33. The zero-order chi connectivity index (χ0) is 33.4. The summed E-state index contributed by atoms with van der Waals surface area (Å²) in [5, 5.41) is 49.8. The number of anilines is 1. The van der Waals surface area contributed by atoms with Gasteiger partial charge >= 0.3 is 0 Å². The Kier molecular flexibility index (Phi) is 9.77. The Hall–Kier alpha value is -3.92. The lowest BCUT2D eigenvalue weighted by Crippen LogP contribution is -2.63. The Labute approximate surface area is 268 Å². The van der Waals surface area contributed by atoms with Gasteiger partial charge in [0.05, 0.1) is 36.6 Å². The Morgan fingerprint density at radius 2 is 1.87 bits per heavy atom. The molecule has 46 heavy (non-hydrogen) atoms. The van der Waals surface area contributed by atoms with Gasteiger partial charge in [0.1, 0.15) is 30.0 Å². The molecule has 2 saturated heterocycles. The van der Waals surface area contributed by atoms with E-state index in [1.165, 1.54) is 48.2 Å². The number of ether oxygens (including phenoxy) is 2. The molecule has 2 amide bonds. The number of hydrogen-bond donors (Lipinski definition) is 3. The average molecular weight is 709 g/mol. The number of carbonyl (C=O) groups is 2. The Balaban J connectivity index is 1.57. The lowest BCUT2D eigenvalue weighted by Gasteiger charge is -2.45. The van der Waals surface area contributed by atoms with Gasteiger partial charge < -0.3 is 34.6 Å². The SMILES string of the molecule is COC1C(C(=O)N(c2cc(Br)cc(C#N)c2)[C@@H]2CN(C(C)=O)C[C@H]2O)OC(CO)C(O)C1n1cc(-c2cc(F)c(F)c(F)c2)nn1. The summed E-state index contributed by atoms with van der Waals surface area (Å²) in [6.45, 7) is 0.425. The number of aliphatic hydroxyl groups is 3. The highest BCUT2D eigenvalue weighted by Crippen LogP contribution is 2.36. The zero-order valence-electron chi connectivity index (χ0n) is 24.3. The lowest BCUT2D eigenvalue weighted by molar-refractivity contribution is -0.211. The number of nitrogens with zero attached hydrogens (tertiary/aromatic N) is 6. The molecule has 2 aliphatic rings. The third-order valence-electron chi connectivity index (χ3n) is 8.04. The number of rotatable bonds is 7. The van der Waals surface area contributed by atoms with E-state index in [0.717, 1.165) is 4.68 Å². The number of methoxy groups -OCH3 is 1. The number of β-amino-alcohol motifs (C(OH)–C–C–N with tert-alkyl or cyclic N) is 1. The monoisotopic (exact) mass is 708 g/mol. The van der Waals surface area contributed by atoms with E-state index in [2.05, 4.69) is 26.2 Å². The third kappa shape index (κ3) is 6.24. The summed E-state index contributed by atoms with van der Waals surface area (Å²) in [5.74, 6) is -5.72. The molecule has 0 aliphatic carbocycles. The van der Waals surface area contributed by atoms with Crippen LogP contribution in [-0.2, 0) is 19.1 Å². The molecular weight excluding hydrogens is 681 g/mol. The van der Waals surface area contributed by atoms with Gasteiger partial charge in [0, 0.05) is 42.8 Å².